The summed E-state index contributed by atoms with van der Waals surface area (Å²) in [4.78, 5) is 1.05. The van der Waals surface area contributed by atoms with Gasteiger partial charge in [0.2, 0.25) is 0 Å². The maximum atomic E-state index is 8.92. The second-order valence-electron chi connectivity index (χ2n) is 3.64. The smallest absolute Gasteiger partial charge is 0.101 e. The molecular weight excluding hydrogens is 244 g/mol. The Morgan fingerprint density at radius 2 is 1.94 bits per heavy atom. The molecule has 1 aromatic heterocycles. The number of nitrogens with zero attached hydrogens (tertiary/aromatic N) is 2. The minimum absolute atomic E-state index is 0.377. The van der Waals surface area contributed by atoms with Crippen LogP contribution in [0.2, 0.25) is 0 Å². The monoisotopic (exact) mass is 254 g/mol. The van der Waals surface area contributed by atoms with E-state index in [1.165, 1.54) is 0 Å². The largest absolute Gasteiger partial charge is 0.398 e. The molecule has 3 N–H and O–H groups in total. The van der Waals surface area contributed by atoms with Crippen LogP contribution in [-0.4, -0.2) is 0 Å². The molecule has 0 saturated heterocycles. The first-order valence-corrected chi connectivity index (χ1v) is 6.12. The molecule has 18 heavy (non-hydrogen) atoms. The number of nitrogens with two attached hydrogens (primary N) is 1. The number of nitrogens with one attached hydrogen (secondary N) is 1. The first-order valence-electron chi connectivity index (χ1n) is 5.24. The minimum atomic E-state index is 0.377. The summed E-state index contributed by atoms with van der Waals surface area (Å²) in [5.41, 5.74) is 8.12. The van der Waals surface area contributed by atoms with E-state index < -0.39 is 0 Å². The molecule has 0 atom stereocenters. The number of hydrogen-bond donors (Lipinski definition) is 2. The van der Waals surface area contributed by atoms with Gasteiger partial charge in [-0.1, -0.05) is 0 Å². The van der Waals surface area contributed by atoms with Crippen LogP contribution in [0.15, 0.2) is 29.6 Å². The summed E-state index contributed by atoms with van der Waals surface area (Å²) in [6.07, 6.45) is 0. The predicted octanol–water partition coefficient (Wildman–Crippen LogP) is 2.69. The standard InChI is InChI=1S/C13H10N4S/c14-6-9-1-2-11(5-10(9)7-15)17-8-13-12(16)3-4-18-13/h1-5,17H,8,16H2. The molecule has 0 bridgehead atoms. The van der Waals surface area contributed by atoms with E-state index in [4.69, 9.17) is 16.3 Å². The molecule has 0 aliphatic heterocycles. The second kappa shape index (κ2) is 5.22. The van der Waals surface area contributed by atoms with Crippen molar-refractivity contribution in [2.75, 3.05) is 11.1 Å². The van der Waals surface area contributed by atoms with Crippen LogP contribution < -0.4 is 11.1 Å². The number of thiophene rings is 1. The van der Waals surface area contributed by atoms with Crippen molar-refractivity contribution in [2.24, 2.45) is 0 Å². The number of rotatable bonds is 3. The van der Waals surface area contributed by atoms with E-state index in [1.54, 1.807) is 29.5 Å². The maximum Gasteiger partial charge on any atom is 0.101 e. The number of nitriles is 2. The number of nitrogen functional groups attached to an aromatic ring is 1. The van der Waals surface area contributed by atoms with Crippen molar-refractivity contribution in [3.8, 4) is 12.1 Å². The highest BCUT2D eigenvalue weighted by Crippen LogP contribution is 2.21. The Bertz CT molecular complexity index is 646. The van der Waals surface area contributed by atoms with Crippen LogP contribution in [0.4, 0.5) is 11.4 Å². The van der Waals surface area contributed by atoms with Gasteiger partial charge in [0.15, 0.2) is 0 Å². The zero-order valence-electron chi connectivity index (χ0n) is 9.47. The number of benzene rings is 1. The molecule has 2 aromatic rings. The molecule has 0 unspecified atom stereocenters. The van der Waals surface area contributed by atoms with Gasteiger partial charge >= 0.3 is 0 Å². The third-order valence-corrected chi connectivity index (χ3v) is 3.43. The quantitative estimate of drug-likeness (QED) is 0.881. The van der Waals surface area contributed by atoms with E-state index in [0.717, 1.165) is 16.3 Å². The van der Waals surface area contributed by atoms with Crippen molar-refractivity contribution in [1.29, 1.82) is 10.5 Å². The fraction of sp³-hybridized carbons (Fsp3) is 0.0769. The summed E-state index contributed by atoms with van der Waals surface area (Å²) in [7, 11) is 0. The highest BCUT2D eigenvalue weighted by atomic mass is 32.1. The first kappa shape index (κ1) is 12.0. The number of anilines is 2. The van der Waals surface area contributed by atoms with Crippen LogP contribution in [-0.2, 0) is 6.54 Å². The Kier molecular flexibility index (Phi) is 3.47. The van der Waals surface area contributed by atoms with E-state index in [9.17, 15) is 0 Å². The molecule has 0 fully saturated rings. The van der Waals surface area contributed by atoms with Gasteiger partial charge in [-0.25, -0.2) is 0 Å². The van der Waals surface area contributed by atoms with Crippen molar-refractivity contribution in [3.63, 3.8) is 0 Å². The van der Waals surface area contributed by atoms with Gasteiger partial charge in [0.25, 0.3) is 0 Å². The zero-order valence-corrected chi connectivity index (χ0v) is 10.3. The normalized spacial score (nSPS) is 9.44. The van der Waals surface area contributed by atoms with Gasteiger partial charge in [-0.2, -0.15) is 10.5 Å². The Morgan fingerprint density at radius 1 is 1.17 bits per heavy atom. The molecular formula is C13H10N4S. The van der Waals surface area contributed by atoms with Crippen molar-refractivity contribution >= 4 is 22.7 Å². The predicted molar refractivity (Wildman–Crippen MR) is 71.9 cm³/mol. The van der Waals surface area contributed by atoms with Crippen molar-refractivity contribution in [3.05, 3.63) is 45.6 Å². The van der Waals surface area contributed by atoms with E-state index in [2.05, 4.69) is 5.32 Å². The maximum absolute atomic E-state index is 8.92. The summed E-state index contributed by atoms with van der Waals surface area (Å²) >= 11 is 1.58. The van der Waals surface area contributed by atoms with Gasteiger partial charge in [-0.15, -0.1) is 11.3 Å². The summed E-state index contributed by atoms with van der Waals surface area (Å²) < 4.78 is 0. The molecule has 1 aromatic carbocycles. The lowest BCUT2D eigenvalue weighted by atomic mass is 10.1. The average Bonchev–Trinajstić information content (AvgIpc) is 2.81. The molecule has 0 aliphatic carbocycles. The molecule has 0 saturated carbocycles. The molecule has 0 amide bonds. The zero-order chi connectivity index (χ0) is 13.0. The van der Waals surface area contributed by atoms with E-state index in [-0.39, 0.29) is 0 Å². The van der Waals surface area contributed by atoms with Crippen LogP contribution in [0.5, 0.6) is 0 Å². The van der Waals surface area contributed by atoms with Crippen LogP contribution in [0.1, 0.15) is 16.0 Å². The van der Waals surface area contributed by atoms with E-state index in [0.29, 0.717) is 17.7 Å². The molecule has 0 radical (unpaired) electrons. The van der Waals surface area contributed by atoms with Gasteiger partial charge in [0.05, 0.1) is 17.7 Å². The molecule has 88 valence electrons. The minimum Gasteiger partial charge on any atom is -0.398 e. The third kappa shape index (κ3) is 2.42. The van der Waals surface area contributed by atoms with Gasteiger partial charge < -0.3 is 11.1 Å². The van der Waals surface area contributed by atoms with Gasteiger partial charge in [-0.05, 0) is 29.6 Å². The van der Waals surface area contributed by atoms with E-state index >= 15 is 0 Å². The van der Waals surface area contributed by atoms with Crippen LogP contribution in [0.25, 0.3) is 0 Å². The molecule has 0 aliphatic rings. The lowest BCUT2D eigenvalue weighted by Gasteiger charge is -2.06. The SMILES string of the molecule is N#Cc1ccc(NCc2sccc2N)cc1C#N. The molecule has 4 nitrogen and oxygen atoms in total. The fourth-order valence-electron chi connectivity index (χ4n) is 1.52. The van der Waals surface area contributed by atoms with Gasteiger partial charge in [-0.3, -0.25) is 0 Å². The highest BCUT2D eigenvalue weighted by molar-refractivity contribution is 7.10. The van der Waals surface area contributed by atoms with Gasteiger partial charge in [0.1, 0.15) is 12.1 Å². The Hall–Kier alpha value is -2.50. The Morgan fingerprint density at radius 3 is 2.56 bits per heavy atom. The van der Waals surface area contributed by atoms with Crippen LogP contribution in [0, 0.1) is 22.7 Å². The van der Waals surface area contributed by atoms with Crippen molar-refractivity contribution in [1.82, 2.24) is 0 Å². The number of hydrogen-bond acceptors (Lipinski definition) is 5. The van der Waals surface area contributed by atoms with E-state index in [1.807, 2.05) is 23.6 Å². The molecule has 5 heteroatoms. The van der Waals surface area contributed by atoms with Crippen molar-refractivity contribution < 1.29 is 0 Å². The second-order valence-corrected chi connectivity index (χ2v) is 4.64. The van der Waals surface area contributed by atoms with Gasteiger partial charge in [0, 0.05) is 16.3 Å². The topological polar surface area (TPSA) is 85.6 Å². The molecule has 1 heterocycles. The third-order valence-electron chi connectivity index (χ3n) is 2.49. The highest BCUT2D eigenvalue weighted by Gasteiger charge is 2.04. The summed E-state index contributed by atoms with van der Waals surface area (Å²) in [5.74, 6) is 0. The first-order chi connectivity index (χ1) is 8.74. The fourth-order valence-corrected chi connectivity index (χ4v) is 2.26. The average molecular weight is 254 g/mol. The lowest BCUT2D eigenvalue weighted by Crippen LogP contribution is -2.00. The Balaban J connectivity index is 2.14. The summed E-state index contributed by atoms with van der Waals surface area (Å²) in [6, 6.07) is 10.9. The van der Waals surface area contributed by atoms with Crippen LogP contribution in [0.3, 0.4) is 0 Å². The Labute approximate surface area is 109 Å². The summed E-state index contributed by atoms with van der Waals surface area (Å²) in [5, 5.41) is 22.9. The van der Waals surface area contributed by atoms with Crippen molar-refractivity contribution in [2.45, 2.75) is 6.54 Å². The van der Waals surface area contributed by atoms with Crippen LogP contribution >= 0.6 is 11.3 Å². The molecule has 0 spiro atoms. The summed E-state index contributed by atoms with van der Waals surface area (Å²) in [6.45, 7) is 0.611. The lowest BCUT2D eigenvalue weighted by molar-refractivity contribution is 1.19. The molecule has 2 rings (SSSR count).